The molecule has 0 aromatic heterocycles. The van der Waals surface area contributed by atoms with E-state index in [2.05, 4.69) is 5.32 Å². The summed E-state index contributed by atoms with van der Waals surface area (Å²) in [7, 11) is 1.64. The Labute approximate surface area is 184 Å². The third kappa shape index (κ3) is 7.75. The van der Waals surface area contributed by atoms with Crippen LogP contribution in [0.4, 0.5) is 0 Å². The molecule has 162 valence electrons. The van der Waals surface area contributed by atoms with E-state index in [0.29, 0.717) is 12.3 Å². The van der Waals surface area contributed by atoms with Gasteiger partial charge in [0.2, 0.25) is 11.8 Å². The highest BCUT2D eigenvalue weighted by Crippen LogP contribution is 2.17. The van der Waals surface area contributed by atoms with Gasteiger partial charge in [-0.1, -0.05) is 42.5 Å². The maximum absolute atomic E-state index is 13.0. The maximum Gasteiger partial charge on any atom is 0.242 e. The van der Waals surface area contributed by atoms with Crippen molar-refractivity contribution >= 4 is 23.6 Å². The largest absolute Gasteiger partial charge is 0.497 e. The lowest BCUT2D eigenvalue weighted by atomic mass is 10.1. The standard InChI is InChI=1S/C24H32N2O3S/c1-18(2)25-24(28)19(3)26(15-14-20-8-6-5-7-9-20)23(27)17-30-16-21-10-12-22(29-4)13-11-21/h5-13,18-19H,14-17H2,1-4H3,(H,25,28)/t19-/m1/s1. The first-order chi connectivity index (χ1) is 14.4. The first-order valence-electron chi connectivity index (χ1n) is 10.2. The van der Waals surface area contributed by atoms with Crippen LogP contribution in [0.2, 0.25) is 0 Å². The predicted molar refractivity (Wildman–Crippen MR) is 124 cm³/mol. The van der Waals surface area contributed by atoms with E-state index in [0.717, 1.165) is 29.1 Å². The van der Waals surface area contributed by atoms with Crippen molar-refractivity contribution in [3.8, 4) is 5.75 Å². The third-order valence-corrected chi connectivity index (χ3v) is 5.72. The fraction of sp³-hybridized carbons (Fsp3) is 0.417. The van der Waals surface area contributed by atoms with E-state index >= 15 is 0 Å². The molecule has 0 spiro atoms. The fourth-order valence-electron chi connectivity index (χ4n) is 3.04. The third-order valence-electron chi connectivity index (χ3n) is 4.74. The summed E-state index contributed by atoms with van der Waals surface area (Å²) in [5.41, 5.74) is 2.28. The Kier molecular flexibility index (Phi) is 9.74. The van der Waals surface area contributed by atoms with Gasteiger partial charge in [0, 0.05) is 18.3 Å². The lowest BCUT2D eigenvalue weighted by Crippen LogP contribution is -2.50. The van der Waals surface area contributed by atoms with Crippen molar-refractivity contribution in [1.82, 2.24) is 10.2 Å². The molecule has 2 aromatic carbocycles. The van der Waals surface area contributed by atoms with Crippen LogP contribution in [0.3, 0.4) is 0 Å². The number of rotatable bonds is 11. The highest BCUT2D eigenvalue weighted by molar-refractivity contribution is 7.99. The number of benzene rings is 2. The van der Waals surface area contributed by atoms with Crippen LogP contribution in [0.1, 0.15) is 31.9 Å². The first kappa shape index (κ1) is 23.8. The van der Waals surface area contributed by atoms with Crippen molar-refractivity contribution in [3.63, 3.8) is 0 Å². The molecule has 6 heteroatoms. The fourth-order valence-corrected chi connectivity index (χ4v) is 3.91. The lowest BCUT2D eigenvalue weighted by Gasteiger charge is -2.29. The van der Waals surface area contributed by atoms with Gasteiger partial charge in [0.25, 0.3) is 0 Å². The van der Waals surface area contributed by atoms with E-state index in [-0.39, 0.29) is 17.9 Å². The summed E-state index contributed by atoms with van der Waals surface area (Å²) in [5, 5.41) is 2.92. The number of hydrogen-bond acceptors (Lipinski definition) is 4. The molecule has 0 saturated carbocycles. The number of carbonyl (C=O) groups is 2. The molecule has 0 saturated heterocycles. The molecule has 0 radical (unpaired) electrons. The SMILES string of the molecule is COc1ccc(CSCC(=O)N(CCc2ccccc2)[C@H](C)C(=O)NC(C)C)cc1. The number of hydrogen-bond donors (Lipinski definition) is 1. The van der Waals surface area contributed by atoms with Crippen molar-refractivity contribution in [2.24, 2.45) is 0 Å². The van der Waals surface area contributed by atoms with Gasteiger partial charge in [-0.3, -0.25) is 9.59 Å². The highest BCUT2D eigenvalue weighted by atomic mass is 32.2. The molecule has 5 nitrogen and oxygen atoms in total. The van der Waals surface area contributed by atoms with Crippen LogP contribution in [0.5, 0.6) is 5.75 Å². The second kappa shape index (κ2) is 12.3. The molecule has 0 aliphatic heterocycles. The molecular formula is C24H32N2O3S. The molecule has 0 unspecified atom stereocenters. The van der Waals surface area contributed by atoms with Crippen molar-refractivity contribution in [3.05, 3.63) is 65.7 Å². The normalized spacial score (nSPS) is 11.8. The molecular weight excluding hydrogens is 396 g/mol. The summed E-state index contributed by atoms with van der Waals surface area (Å²) < 4.78 is 5.18. The number of methoxy groups -OCH3 is 1. The molecule has 0 aliphatic rings. The first-order valence-corrected chi connectivity index (χ1v) is 11.4. The van der Waals surface area contributed by atoms with E-state index in [1.54, 1.807) is 30.7 Å². The Bertz CT molecular complexity index is 794. The van der Waals surface area contributed by atoms with Crippen LogP contribution < -0.4 is 10.1 Å². The van der Waals surface area contributed by atoms with Crippen molar-refractivity contribution in [2.75, 3.05) is 19.4 Å². The quantitative estimate of drug-likeness (QED) is 0.589. The minimum atomic E-state index is -0.509. The van der Waals surface area contributed by atoms with Gasteiger partial charge in [-0.15, -0.1) is 11.8 Å². The highest BCUT2D eigenvalue weighted by Gasteiger charge is 2.25. The summed E-state index contributed by atoms with van der Waals surface area (Å²) in [6, 6.07) is 17.4. The topological polar surface area (TPSA) is 58.6 Å². The van der Waals surface area contributed by atoms with Gasteiger partial charge in [0.15, 0.2) is 0 Å². The second-order valence-corrected chi connectivity index (χ2v) is 8.49. The predicted octanol–water partition coefficient (Wildman–Crippen LogP) is 3.91. The average Bonchev–Trinajstić information content (AvgIpc) is 2.74. The van der Waals surface area contributed by atoms with Crippen LogP contribution in [0.15, 0.2) is 54.6 Å². The van der Waals surface area contributed by atoms with Crippen LogP contribution in [0.25, 0.3) is 0 Å². The van der Waals surface area contributed by atoms with Crippen molar-refractivity contribution < 1.29 is 14.3 Å². The van der Waals surface area contributed by atoms with Crippen LogP contribution in [0, 0.1) is 0 Å². The minimum Gasteiger partial charge on any atom is -0.497 e. The Morgan fingerprint density at radius 3 is 2.27 bits per heavy atom. The summed E-state index contributed by atoms with van der Waals surface area (Å²) >= 11 is 1.56. The monoisotopic (exact) mass is 428 g/mol. The molecule has 0 aliphatic carbocycles. The summed E-state index contributed by atoms with van der Waals surface area (Å²) in [6.07, 6.45) is 0.717. The minimum absolute atomic E-state index is 0.0177. The Morgan fingerprint density at radius 2 is 1.67 bits per heavy atom. The Hall–Kier alpha value is -2.47. The summed E-state index contributed by atoms with van der Waals surface area (Å²) in [5.74, 6) is 1.74. The maximum atomic E-state index is 13.0. The van der Waals surface area contributed by atoms with Gasteiger partial charge >= 0.3 is 0 Å². The molecule has 1 atom stereocenters. The number of nitrogens with zero attached hydrogens (tertiary/aromatic N) is 1. The second-order valence-electron chi connectivity index (χ2n) is 7.50. The number of thioether (sulfide) groups is 1. The van der Waals surface area contributed by atoms with E-state index in [1.807, 2.05) is 68.4 Å². The van der Waals surface area contributed by atoms with Crippen molar-refractivity contribution in [2.45, 2.75) is 45.0 Å². The van der Waals surface area contributed by atoms with Gasteiger partial charge in [0.05, 0.1) is 12.9 Å². The van der Waals surface area contributed by atoms with Gasteiger partial charge in [-0.05, 0) is 50.5 Å². The molecule has 2 amide bonds. The van der Waals surface area contributed by atoms with Gasteiger partial charge in [0.1, 0.15) is 11.8 Å². The van der Waals surface area contributed by atoms with Crippen LogP contribution >= 0.6 is 11.8 Å². The zero-order valence-electron chi connectivity index (χ0n) is 18.3. The average molecular weight is 429 g/mol. The number of carbonyl (C=O) groups excluding carboxylic acids is 2. The molecule has 0 heterocycles. The lowest BCUT2D eigenvalue weighted by molar-refractivity contribution is -0.138. The summed E-state index contributed by atoms with van der Waals surface area (Å²) in [4.78, 5) is 27.2. The molecule has 30 heavy (non-hydrogen) atoms. The van der Waals surface area contributed by atoms with E-state index in [9.17, 15) is 9.59 Å². The zero-order valence-corrected chi connectivity index (χ0v) is 19.1. The Balaban J connectivity index is 1.97. The smallest absolute Gasteiger partial charge is 0.242 e. The molecule has 0 fully saturated rings. The van der Waals surface area contributed by atoms with Crippen molar-refractivity contribution in [1.29, 1.82) is 0 Å². The number of amides is 2. The van der Waals surface area contributed by atoms with Gasteiger partial charge < -0.3 is 15.0 Å². The van der Waals surface area contributed by atoms with Crippen LogP contribution in [-0.4, -0.2) is 48.2 Å². The van der Waals surface area contributed by atoms with Crippen LogP contribution in [-0.2, 0) is 21.8 Å². The molecule has 0 bridgehead atoms. The number of ether oxygens (including phenoxy) is 1. The zero-order chi connectivity index (χ0) is 21.9. The van der Waals surface area contributed by atoms with E-state index < -0.39 is 6.04 Å². The molecule has 1 N–H and O–H groups in total. The summed E-state index contributed by atoms with van der Waals surface area (Å²) in [6.45, 7) is 6.16. The number of nitrogens with one attached hydrogen (secondary N) is 1. The van der Waals surface area contributed by atoms with Gasteiger partial charge in [-0.2, -0.15) is 0 Å². The van der Waals surface area contributed by atoms with E-state index in [1.165, 1.54) is 0 Å². The Morgan fingerprint density at radius 1 is 1.00 bits per heavy atom. The van der Waals surface area contributed by atoms with Gasteiger partial charge in [-0.25, -0.2) is 0 Å². The molecule has 2 rings (SSSR count). The van der Waals surface area contributed by atoms with E-state index in [4.69, 9.17) is 4.74 Å². The molecule has 2 aromatic rings.